The molecular weight excluding hydrogens is 277 g/mol. The SMILES string of the molecule is ClC1C=Nc2nccc(Br)c2N1Cl. The number of halogens is 3. The average molecular weight is 281 g/mol. The Hall–Kier alpha value is -0.320. The fourth-order valence-electron chi connectivity index (χ4n) is 1.03. The Bertz CT molecular complexity index is 369. The molecule has 0 spiro atoms. The summed E-state index contributed by atoms with van der Waals surface area (Å²) in [5.41, 5.74) is 0.265. The molecule has 1 aromatic heterocycles. The van der Waals surface area contributed by atoms with Crippen LogP contribution in [0.3, 0.4) is 0 Å². The van der Waals surface area contributed by atoms with E-state index in [1.807, 2.05) is 0 Å². The zero-order chi connectivity index (χ0) is 9.42. The van der Waals surface area contributed by atoms with Crippen LogP contribution in [0.15, 0.2) is 21.7 Å². The van der Waals surface area contributed by atoms with Crippen molar-refractivity contribution >= 4 is 57.0 Å². The smallest absolute Gasteiger partial charge is 0.178 e. The highest BCUT2D eigenvalue weighted by Gasteiger charge is 2.23. The zero-order valence-corrected chi connectivity index (χ0v) is 9.38. The second-order valence-corrected chi connectivity index (χ2v) is 4.09. The van der Waals surface area contributed by atoms with E-state index in [4.69, 9.17) is 23.4 Å². The van der Waals surface area contributed by atoms with Crippen LogP contribution in [0, 0.1) is 0 Å². The van der Waals surface area contributed by atoms with Gasteiger partial charge in [0.15, 0.2) is 11.3 Å². The first-order chi connectivity index (χ1) is 6.20. The number of alkyl halides is 1. The van der Waals surface area contributed by atoms with Crippen molar-refractivity contribution < 1.29 is 0 Å². The number of pyridine rings is 1. The molecule has 13 heavy (non-hydrogen) atoms. The lowest BCUT2D eigenvalue weighted by molar-refractivity contribution is 1.10. The molecule has 3 nitrogen and oxygen atoms in total. The van der Waals surface area contributed by atoms with Crippen molar-refractivity contribution in [3.8, 4) is 0 Å². The van der Waals surface area contributed by atoms with Gasteiger partial charge in [-0.3, -0.25) is 4.42 Å². The van der Waals surface area contributed by atoms with Crippen LogP contribution in [0.25, 0.3) is 0 Å². The first-order valence-electron chi connectivity index (χ1n) is 3.48. The molecule has 1 atom stereocenters. The van der Waals surface area contributed by atoms with Crippen molar-refractivity contribution in [1.82, 2.24) is 4.98 Å². The predicted molar refractivity (Wildman–Crippen MR) is 58.1 cm³/mol. The molecule has 1 aliphatic rings. The van der Waals surface area contributed by atoms with Gasteiger partial charge in [0.05, 0.1) is 0 Å². The van der Waals surface area contributed by atoms with Gasteiger partial charge in [-0.2, -0.15) is 0 Å². The Morgan fingerprint density at radius 2 is 2.31 bits per heavy atom. The average Bonchev–Trinajstić information content (AvgIpc) is 2.12. The van der Waals surface area contributed by atoms with Crippen LogP contribution in [0.4, 0.5) is 11.5 Å². The quantitative estimate of drug-likeness (QED) is 0.415. The molecule has 2 heterocycles. The third-order valence-electron chi connectivity index (χ3n) is 1.61. The Morgan fingerprint density at radius 3 is 3.08 bits per heavy atom. The van der Waals surface area contributed by atoms with Gasteiger partial charge in [-0.25, -0.2) is 9.98 Å². The highest BCUT2D eigenvalue weighted by molar-refractivity contribution is 9.10. The van der Waals surface area contributed by atoms with Gasteiger partial charge >= 0.3 is 0 Å². The van der Waals surface area contributed by atoms with E-state index in [-0.39, 0.29) is 0 Å². The lowest BCUT2D eigenvalue weighted by atomic mass is 10.3. The molecule has 0 fully saturated rings. The van der Waals surface area contributed by atoms with Crippen molar-refractivity contribution in [3.63, 3.8) is 0 Å². The van der Waals surface area contributed by atoms with Crippen LogP contribution >= 0.6 is 39.3 Å². The summed E-state index contributed by atoms with van der Waals surface area (Å²) in [5, 5.41) is 0. The van der Waals surface area contributed by atoms with Crippen molar-refractivity contribution in [2.45, 2.75) is 5.50 Å². The monoisotopic (exact) mass is 279 g/mol. The molecule has 0 amide bonds. The number of rotatable bonds is 0. The summed E-state index contributed by atoms with van der Waals surface area (Å²) >= 11 is 15.2. The highest BCUT2D eigenvalue weighted by atomic mass is 79.9. The summed E-state index contributed by atoms with van der Waals surface area (Å²) in [6.45, 7) is 0. The Kier molecular flexibility index (Phi) is 2.45. The first kappa shape index (κ1) is 9.24. The largest absolute Gasteiger partial charge is 0.257 e. The van der Waals surface area contributed by atoms with Crippen molar-refractivity contribution in [2.75, 3.05) is 4.42 Å². The van der Waals surface area contributed by atoms with Gasteiger partial charge in [-0.1, -0.05) is 11.6 Å². The van der Waals surface area contributed by atoms with Gasteiger partial charge in [0.1, 0.15) is 5.69 Å². The normalized spacial score (nSPS) is 20.2. The van der Waals surface area contributed by atoms with Crippen molar-refractivity contribution in [1.29, 1.82) is 0 Å². The second-order valence-electron chi connectivity index (χ2n) is 2.43. The number of anilines is 1. The van der Waals surface area contributed by atoms with E-state index in [2.05, 4.69) is 25.9 Å². The molecular formula is C7H4BrCl2N3. The Balaban J connectivity index is 2.60. The number of aliphatic imine (C=N–C) groups is 1. The maximum absolute atomic E-state index is 5.94. The maximum Gasteiger partial charge on any atom is 0.178 e. The summed E-state index contributed by atoms with van der Waals surface area (Å²) in [4.78, 5) is 8.11. The Morgan fingerprint density at radius 1 is 1.54 bits per heavy atom. The molecule has 0 aromatic carbocycles. The molecule has 0 saturated heterocycles. The van der Waals surface area contributed by atoms with E-state index in [1.165, 1.54) is 10.6 Å². The minimum Gasteiger partial charge on any atom is -0.257 e. The molecule has 0 saturated carbocycles. The fourth-order valence-corrected chi connectivity index (χ4v) is 1.99. The predicted octanol–water partition coefficient (Wildman–Crippen LogP) is 3.09. The number of hydrogen-bond donors (Lipinski definition) is 0. The summed E-state index contributed by atoms with van der Waals surface area (Å²) < 4.78 is 2.22. The molecule has 68 valence electrons. The van der Waals surface area contributed by atoms with Gasteiger partial charge < -0.3 is 0 Å². The van der Waals surface area contributed by atoms with Gasteiger partial charge in [0, 0.05) is 28.7 Å². The summed E-state index contributed by atoms with van der Waals surface area (Å²) in [7, 11) is 0. The number of hydrogen-bond acceptors (Lipinski definition) is 3. The van der Waals surface area contributed by atoms with Crippen LogP contribution in [0.2, 0.25) is 0 Å². The third kappa shape index (κ3) is 1.54. The minimum atomic E-state index is -0.435. The third-order valence-corrected chi connectivity index (χ3v) is 3.03. The summed E-state index contributed by atoms with van der Waals surface area (Å²) in [6, 6.07) is 1.79. The van der Waals surface area contributed by atoms with Gasteiger partial charge in [0.25, 0.3) is 0 Å². The highest BCUT2D eigenvalue weighted by Crippen LogP contribution is 2.39. The van der Waals surface area contributed by atoms with Crippen LogP contribution in [-0.4, -0.2) is 16.7 Å². The van der Waals surface area contributed by atoms with E-state index in [0.717, 1.165) is 4.47 Å². The fraction of sp³-hybridized carbons (Fsp3) is 0.143. The van der Waals surface area contributed by atoms with E-state index < -0.39 is 5.50 Å². The maximum atomic E-state index is 5.94. The molecule has 1 unspecified atom stereocenters. The lowest BCUT2D eigenvalue weighted by Crippen LogP contribution is -2.25. The molecule has 1 aliphatic heterocycles. The standard InChI is InChI=1S/C7H4BrCl2N3/c8-4-1-2-11-7-6(4)13(10)5(9)3-12-7/h1-3,5H. The molecule has 0 N–H and O–H groups in total. The summed E-state index contributed by atoms with van der Waals surface area (Å²) in [6.07, 6.45) is 3.19. The second kappa shape index (κ2) is 3.44. The van der Waals surface area contributed by atoms with E-state index in [9.17, 15) is 0 Å². The molecule has 2 rings (SSSR count). The van der Waals surface area contributed by atoms with Gasteiger partial charge in [0.2, 0.25) is 0 Å². The zero-order valence-electron chi connectivity index (χ0n) is 6.28. The van der Waals surface area contributed by atoms with Crippen LogP contribution < -0.4 is 4.42 Å². The van der Waals surface area contributed by atoms with Crippen LogP contribution in [-0.2, 0) is 0 Å². The molecule has 0 radical (unpaired) electrons. The number of aromatic nitrogens is 1. The van der Waals surface area contributed by atoms with E-state index in [0.29, 0.717) is 11.5 Å². The molecule has 1 aromatic rings. The minimum absolute atomic E-state index is 0.435. The van der Waals surface area contributed by atoms with Gasteiger partial charge in [-0.05, 0) is 22.0 Å². The van der Waals surface area contributed by atoms with E-state index in [1.54, 1.807) is 12.3 Å². The molecule has 0 aliphatic carbocycles. The van der Waals surface area contributed by atoms with Crippen molar-refractivity contribution in [3.05, 3.63) is 16.7 Å². The number of fused-ring (bicyclic) bond motifs is 1. The van der Waals surface area contributed by atoms with Crippen molar-refractivity contribution in [2.24, 2.45) is 4.99 Å². The molecule has 6 heteroatoms. The summed E-state index contributed by atoms with van der Waals surface area (Å²) in [5.74, 6) is 0.571. The van der Waals surface area contributed by atoms with E-state index >= 15 is 0 Å². The van der Waals surface area contributed by atoms with Crippen LogP contribution in [0.1, 0.15) is 0 Å². The van der Waals surface area contributed by atoms with Gasteiger partial charge in [-0.15, -0.1) is 0 Å². The first-order valence-corrected chi connectivity index (χ1v) is 5.04. The topological polar surface area (TPSA) is 28.5 Å². The lowest BCUT2D eigenvalue weighted by Gasteiger charge is -2.24. The molecule has 0 bridgehead atoms. The number of nitrogens with zero attached hydrogens (tertiary/aromatic N) is 3. The Labute approximate surface area is 93.6 Å². The van der Waals surface area contributed by atoms with Crippen LogP contribution in [0.5, 0.6) is 0 Å².